The molecule has 0 heterocycles. The molecule has 1 saturated carbocycles. The van der Waals surface area contributed by atoms with Crippen LogP contribution in [-0.2, 0) is 0 Å². The van der Waals surface area contributed by atoms with Gasteiger partial charge in [-0.05, 0) is 42.4 Å². The lowest BCUT2D eigenvalue weighted by Gasteiger charge is -2.09. The van der Waals surface area contributed by atoms with E-state index in [1.54, 1.807) is 0 Å². The van der Waals surface area contributed by atoms with E-state index < -0.39 is 0 Å². The summed E-state index contributed by atoms with van der Waals surface area (Å²) >= 11 is 0. The molecule has 1 atom stereocenters. The molecular weight excluding hydrogens is 196 g/mol. The molecule has 0 aromatic heterocycles. The van der Waals surface area contributed by atoms with Gasteiger partial charge in [0, 0.05) is 6.54 Å². The Bertz CT molecular complexity index is 441. The summed E-state index contributed by atoms with van der Waals surface area (Å²) in [7, 11) is 0. The highest BCUT2D eigenvalue weighted by atomic mass is 14.9. The first kappa shape index (κ1) is 11.0. The monoisotopic (exact) mass is 214 g/mol. The molecule has 84 valence electrons. The summed E-state index contributed by atoms with van der Waals surface area (Å²) in [5, 5.41) is 12.4. The largest absolute Gasteiger partial charge is 0.384 e. The summed E-state index contributed by atoms with van der Waals surface area (Å²) in [5.74, 6) is 0.750. The number of hydrogen-bond donors (Lipinski definition) is 1. The van der Waals surface area contributed by atoms with Gasteiger partial charge in [0.05, 0.1) is 11.3 Å². The molecule has 0 aliphatic heterocycles. The molecule has 1 unspecified atom stereocenters. The molecule has 2 nitrogen and oxygen atoms in total. The van der Waals surface area contributed by atoms with Crippen molar-refractivity contribution in [2.75, 3.05) is 11.9 Å². The highest BCUT2D eigenvalue weighted by molar-refractivity contribution is 5.58. The van der Waals surface area contributed by atoms with Gasteiger partial charge in [-0.25, -0.2) is 0 Å². The van der Waals surface area contributed by atoms with Gasteiger partial charge >= 0.3 is 0 Å². The highest BCUT2D eigenvalue weighted by Crippen LogP contribution is 2.51. The van der Waals surface area contributed by atoms with Crippen LogP contribution in [0.3, 0.4) is 0 Å². The van der Waals surface area contributed by atoms with Crippen LogP contribution in [-0.4, -0.2) is 6.54 Å². The number of aryl methyl sites for hydroxylation is 1. The molecular formula is C14H18N2. The van der Waals surface area contributed by atoms with Crippen LogP contribution in [0.1, 0.15) is 31.4 Å². The summed E-state index contributed by atoms with van der Waals surface area (Å²) < 4.78 is 0. The molecule has 0 radical (unpaired) electrons. The van der Waals surface area contributed by atoms with Crippen molar-refractivity contribution in [3.63, 3.8) is 0 Å². The van der Waals surface area contributed by atoms with E-state index >= 15 is 0 Å². The zero-order valence-electron chi connectivity index (χ0n) is 10.2. The molecule has 1 aromatic carbocycles. The average Bonchev–Trinajstić information content (AvgIpc) is 2.84. The fourth-order valence-electron chi connectivity index (χ4n) is 2.06. The number of hydrogen-bond acceptors (Lipinski definition) is 2. The Hall–Kier alpha value is -1.49. The first-order valence-electron chi connectivity index (χ1n) is 5.77. The second-order valence-corrected chi connectivity index (χ2v) is 5.43. The molecule has 2 heteroatoms. The lowest BCUT2D eigenvalue weighted by atomic mass is 10.1. The van der Waals surface area contributed by atoms with Crippen LogP contribution in [0, 0.1) is 29.6 Å². The molecule has 0 bridgehead atoms. The summed E-state index contributed by atoms with van der Waals surface area (Å²) in [6, 6.07) is 8.22. The summed E-state index contributed by atoms with van der Waals surface area (Å²) in [6.07, 6.45) is 1.29. The first-order valence-corrected chi connectivity index (χ1v) is 5.77. The van der Waals surface area contributed by atoms with Crippen LogP contribution >= 0.6 is 0 Å². The lowest BCUT2D eigenvalue weighted by molar-refractivity contribution is 0.573. The number of nitrogens with zero attached hydrogens (tertiary/aromatic N) is 1. The highest BCUT2D eigenvalue weighted by Gasteiger charge is 2.44. The standard InChI is InChI=1S/C14H18N2/c1-10-4-5-13(11(6-10)8-15)16-9-12-7-14(12,2)3/h4-6,12,16H,7,9H2,1-3H3. The van der Waals surface area contributed by atoms with E-state index in [0.717, 1.165) is 29.3 Å². The maximum absolute atomic E-state index is 9.04. The van der Waals surface area contributed by atoms with Crippen LogP contribution in [0.5, 0.6) is 0 Å². The van der Waals surface area contributed by atoms with Gasteiger partial charge in [0.2, 0.25) is 0 Å². The minimum atomic E-state index is 0.491. The molecule has 0 saturated heterocycles. The summed E-state index contributed by atoms with van der Waals surface area (Å²) in [6.45, 7) is 7.57. The van der Waals surface area contributed by atoms with E-state index in [1.807, 2.05) is 25.1 Å². The first-order chi connectivity index (χ1) is 7.53. The Morgan fingerprint density at radius 1 is 1.50 bits per heavy atom. The Kier molecular flexibility index (Phi) is 2.63. The molecule has 1 aliphatic carbocycles. The normalized spacial score (nSPS) is 21.2. The third-order valence-electron chi connectivity index (χ3n) is 3.55. The average molecular weight is 214 g/mol. The van der Waals surface area contributed by atoms with Crippen molar-refractivity contribution in [1.29, 1.82) is 5.26 Å². The maximum Gasteiger partial charge on any atom is 0.101 e. The van der Waals surface area contributed by atoms with E-state index in [-0.39, 0.29) is 0 Å². The van der Waals surface area contributed by atoms with Gasteiger partial charge in [0.1, 0.15) is 6.07 Å². The van der Waals surface area contributed by atoms with Gasteiger partial charge in [-0.1, -0.05) is 19.9 Å². The predicted molar refractivity (Wildman–Crippen MR) is 66.3 cm³/mol. The minimum absolute atomic E-state index is 0.491. The quantitative estimate of drug-likeness (QED) is 0.837. The van der Waals surface area contributed by atoms with E-state index in [4.69, 9.17) is 5.26 Å². The van der Waals surface area contributed by atoms with Crippen molar-refractivity contribution < 1.29 is 0 Å². The Labute approximate surface area is 97.3 Å². The fraction of sp³-hybridized carbons (Fsp3) is 0.500. The molecule has 1 aliphatic rings. The minimum Gasteiger partial charge on any atom is -0.384 e. The zero-order chi connectivity index (χ0) is 11.8. The lowest BCUT2D eigenvalue weighted by Crippen LogP contribution is -2.08. The van der Waals surface area contributed by atoms with Crippen molar-refractivity contribution in [3.8, 4) is 6.07 Å². The third kappa shape index (κ3) is 2.19. The smallest absolute Gasteiger partial charge is 0.101 e. The zero-order valence-corrected chi connectivity index (χ0v) is 10.2. The van der Waals surface area contributed by atoms with E-state index in [1.165, 1.54) is 6.42 Å². The molecule has 0 amide bonds. The number of rotatable bonds is 3. The second kappa shape index (κ2) is 3.83. The van der Waals surface area contributed by atoms with E-state index in [9.17, 15) is 0 Å². The molecule has 16 heavy (non-hydrogen) atoms. The van der Waals surface area contributed by atoms with Gasteiger partial charge in [0.15, 0.2) is 0 Å². The topological polar surface area (TPSA) is 35.8 Å². The maximum atomic E-state index is 9.04. The molecule has 2 rings (SSSR count). The van der Waals surface area contributed by atoms with Crippen LogP contribution < -0.4 is 5.32 Å². The Balaban J connectivity index is 2.02. The second-order valence-electron chi connectivity index (χ2n) is 5.43. The fourth-order valence-corrected chi connectivity index (χ4v) is 2.06. The van der Waals surface area contributed by atoms with Crippen LogP contribution in [0.25, 0.3) is 0 Å². The Morgan fingerprint density at radius 2 is 2.19 bits per heavy atom. The van der Waals surface area contributed by atoms with Crippen molar-refractivity contribution in [2.24, 2.45) is 11.3 Å². The van der Waals surface area contributed by atoms with Crippen LogP contribution in [0.15, 0.2) is 18.2 Å². The van der Waals surface area contributed by atoms with Gasteiger partial charge in [-0.2, -0.15) is 5.26 Å². The van der Waals surface area contributed by atoms with Crippen molar-refractivity contribution in [2.45, 2.75) is 27.2 Å². The SMILES string of the molecule is Cc1ccc(NCC2CC2(C)C)c(C#N)c1. The van der Waals surface area contributed by atoms with Crippen LogP contribution in [0.2, 0.25) is 0 Å². The van der Waals surface area contributed by atoms with Crippen molar-refractivity contribution >= 4 is 5.69 Å². The van der Waals surface area contributed by atoms with E-state index in [2.05, 4.69) is 25.2 Å². The predicted octanol–water partition coefficient (Wildman–Crippen LogP) is 3.32. The van der Waals surface area contributed by atoms with Gasteiger partial charge < -0.3 is 5.32 Å². The van der Waals surface area contributed by atoms with Gasteiger partial charge in [-0.15, -0.1) is 0 Å². The molecule has 1 N–H and O–H groups in total. The number of nitriles is 1. The Morgan fingerprint density at radius 3 is 2.75 bits per heavy atom. The summed E-state index contributed by atoms with van der Waals surface area (Å²) in [4.78, 5) is 0. The third-order valence-corrected chi connectivity index (χ3v) is 3.55. The van der Waals surface area contributed by atoms with Gasteiger partial charge in [-0.3, -0.25) is 0 Å². The summed E-state index contributed by atoms with van der Waals surface area (Å²) in [5.41, 5.74) is 3.34. The number of anilines is 1. The van der Waals surface area contributed by atoms with Gasteiger partial charge in [0.25, 0.3) is 0 Å². The number of nitrogens with one attached hydrogen (secondary N) is 1. The molecule has 0 spiro atoms. The van der Waals surface area contributed by atoms with Crippen LogP contribution in [0.4, 0.5) is 5.69 Å². The molecule has 1 fully saturated rings. The van der Waals surface area contributed by atoms with Crippen molar-refractivity contribution in [1.82, 2.24) is 0 Å². The van der Waals surface area contributed by atoms with Crippen molar-refractivity contribution in [3.05, 3.63) is 29.3 Å². The van der Waals surface area contributed by atoms with E-state index in [0.29, 0.717) is 5.41 Å². The number of benzene rings is 1. The molecule has 1 aromatic rings.